The SMILES string of the molecule is COCC(C)NC1CCCCCC1C#N. The van der Waals surface area contributed by atoms with Gasteiger partial charge in [0.2, 0.25) is 0 Å². The number of rotatable bonds is 4. The molecule has 0 aromatic heterocycles. The highest BCUT2D eigenvalue weighted by atomic mass is 16.5. The molecule has 0 aromatic carbocycles. The summed E-state index contributed by atoms with van der Waals surface area (Å²) in [6.45, 7) is 2.83. The van der Waals surface area contributed by atoms with Crippen LogP contribution in [0, 0.1) is 17.2 Å². The lowest BCUT2D eigenvalue weighted by Crippen LogP contribution is -2.42. The molecule has 0 aliphatic heterocycles. The smallest absolute Gasteiger partial charge is 0.0672 e. The minimum atomic E-state index is 0.187. The molecule has 86 valence electrons. The Morgan fingerprint density at radius 1 is 1.40 bits per heavy atom. The van der Waals surface area contributed by atoms with Crippen molar-refractivity contribution in [2.45, 2.75) is 51.1 Å². The second-order valence-electron chi connectivity index (χ2n) is 4.50. The van der Waals surface area contributed by atoms with Gasteiger partial charge in [-0.3, -0.25) is 0 Å². The molecule has 1 saturated carbocycles. The monoisotopic (exact) mass is 210 g/mol. The van der Waals surface area contributed by atoms with Gasteiger partial charge in [-0.05, 0) is 19.8 Å². The molecule has 0 saturated heterocycles. The van der Waals surface area contributed by atoms with Crippen LogP contribution in [0.5, 0.6) is 0 Å². The molecule has 1 N–H and O–H groups in total. The van der Waals surface area contributed by atoms with Gasteiger partial charge in [0, 0.05) is 19.2 Å². The molecule has 0 spiro atoms. The molecule has 0 aromatic rings. The van der Waals surface area contributed by atoms with Gasteiger partial charge in [-0.15, -0.1) is 0 Å². The lowest BCUT2D eigenvalue weighted by atomic mass is 9.96. The van der Waals surface area contributed by atoms with Crippen LogP contribution in [0.2, 0.25) is 0 Å². The van der Waals surface area contributed by atoms with Gasteiger partial charge < -0.3 is 10.1 Å². The maximum Gasteiger partial charge on any atom is 0.0672 e. The van der Waals surface area contributed by atoms with Crippen LogP contribution in [-0.2, 0) is 4.74 Å². The number of nitrogens with zero attached hydrogens (tertiary/aromatic N) is 1. The van der Waals surface area contributed by atoms with Gasteiger partial charge in [-0.2, -0.15) is 5.26 Å². The van der Waals surface area contributed by atoms with Crippen molar-refractivity contribution in [3.63, 3.8) is 0 Å². The summed E-state index contributed by atoms with van der Waals surface area (Å²) in [7, 11) is 1.72. The molecule has 1 aliphatic rings. The Balaban J connectivity index is 2.44. The van der Waals surface area contributed by atoms with E-state index in [-0.39, 0.29) is 5.92 Å². The molecule has 15 heavy (non-hydrogen) atoms. The normalized spacial score (nSPS) is 29.1. The number of hydrogen-bond donors (Lipinski definition) is 1. The summed E-state index contributed by atoms with van der Waals surface area (Å²) in [4.78, 5) is 0. The van der Waals surface area contributed by atoms with Crippen LogP contribution in [0.25, 0.3) is 0 Å². The third-order valence-corrected chi connectivity index (χ3v) is 3.10. The van der Waals surface area contributed by atoms with E-state index >= 15 is 0 Å². The van der Waals surface area contributed by atoms with Crippen molar-refractivity contribution >= 4 is 0 Å². The Bertz CT molecular complexity index is 212. The first-order valence-electron chi connectivity index (χ1n) is 5.92. The topological polar surface area (TPSA) is 45.0 Å². The summed E-state index contributed by atoms with van der Waals surface area (Å²) in [5.41, 5.74) is 0. The first-order chi connectivity index (χ1) is 7.27. The molecule has 3 heteroatoms. The Labute approximate surface area is 92.8 Å². The first-order valence-corrected chi connectivity index (χ1v) is 5.92. The molecule has 0 bridgehead atoms. The number of ether oxygens (including phenoxy) is 1. The fourth-order valence-corrected chi connectivity index (χ4v) is 2.33. The molecule has 3 unspecified atom stereocenters. The highest BCUT2D eigenvalue weighted by molar-refractivity contribution is 4.94. The van der Waals surface area contributed by atoms with Crippen molar-refractivity contribution in [1.29, 1.82) is 5.26 Å². The van der Waals surface area contributed by atoms with Crippen LogP contribution in [0.1, 0.15) is 39.0 Å². The summed E-state index contributed by atoms with van der Waals surface area (Å²) in [5, 5.41) is 12.6. The molecule has 0 radical (unpaired) electrons. The lowest BCUT2D eigenvalue weighted by Gasteiger charge is -2.24. The Hall–Kier alpha value is -0.590. The van der Waals surface area contributed by atoms with Crippen LogP contribution in [0.3, 0.4) is 0 Å². The predicted octanol–water partition coefficient (Wildman–Crippen LogP) is 2.08. The van der Waals surface area contributed by atoms with Crippen LogP contribution in [-0.4, -0.2) is 25.8 Å². The summed E-state index contributed by atoms with van der Waals surface area (Å²) in [6, 6.07) is 3.14. The molecular formula is C12H22N2O. The predicted molar refractivity (Wildman–Crippen MR) is 60.4 cm³/mol. The molecule has 0 amide bonds. The van der Waals surface area contributed by atoms with E-state index in [1.807, 2.05) is 0 Å². The van der Waals surface area contributed by atoms with Gasteiger partial charge in [0.05, 0.1) is 18.6 Å². The van der Waals surface area contributed by atoms with Gasteiger partial charge in [-0.1, -0.05) is 19.3 Å². The average molecular weight is 210 g/mol. The zero-order valence-electron chi connectivity index (χ0n) is 9.83. The van der Waals surface area contributed by atoms with E-state index < -0.39 is 0 Å². The van der Waals surface area contributed by atoms with Crippen LogP contribution < -0.4 is 5.32 Å². The zero-order chi connectivity index (χ0) is 11.1. The Morgan fingerprint density at radius 2 is 2.13 bits per heavy atom. The highest BCUT2D eigenvalue weighted by Crippen LogP contribution is 2.23. The third-order valence-electron chi connectivity index (χ3n) is 3.10. The summed E-state index contributed by atoms with van der Waals surface area (Å²) < 4.78 is 5.10. The molecule has 3 nitrogen and oxygen atoms in total. The van der Waals surface area contributed by atoms with Gasteiger partial charge in [0.15, 0.2) is 0 Å². The minimum Gasteiger partial charge on any atom is -0.383 e. The van der Waals surface area contributed by atoms with Crippen molar-refractivity contribution in [2.75, 3.05) is 13.7 Å². The number of nitrogens with one attached hydrogen (secondary N) is 1. The lowest BCUT2D eigenvalue weighted by molar-refractivity contribution is 0.161. The van der Waals surface area contributed by atoms with Crippen LogP contribution >= 0.6 is 0 Å². The van der Waals surface area contributed by atoms with Gasteiger partial charge in [0.25, 0.3) is 0 Å². The summed E-state index contributed by atoms with van der Waals surface area (Å²) in [6.07, 6.45) is 5.90. The van der Waals surface area contributed by atoms with E-state index in [9.17, 15) is 0 Å². The van der Waals surface area contributed by atoms with E-state index in [1.54, 1.807) is 7.11 Å². The third kappa shape index (κ3) is 4.19. The van der Waals surface area contributed by atoms with Crippen LogP contribution in [0.4, 0.5) is 0 Å². The Kier molecular flexibility index (Phi) is 5.67. The number of hydrogen-bond acceptors (Lipinski definition) is 3. The fraction of sp³-hybridized carbons (Fsp3) is 0.917. The second-order valence-corrected chi connectivity index (χ2v) is 4.50. The average Bonchev–Trinajstić information content (AvgIpc) is 2.43. The van der Waals surface area contributed by atoms with Gasteiger partial charge in [0.1, 0.15) is 0 Å². The van der Waals surface area contributed by atoms with E-state index in [4.69, 9.17) is 10.00 Å². The quantitative estimate of drug-likeness (QED) is 0.723. The van der Waals surface area contributed by atoms with Crippen molar-refractivity contribution in [2.24, 2.45) is 5.92 Å². The maximum absolute atomic E-state index is 9.11. The minimum absolute atomic E-state index is 0.187. The maximum atomic E-state index is 9.11. The molecule has 1 aliphatic carbocycles. The molecule has 1 rings (SSSR count). The first kappa shape index (κ1) is 12.5. The summed E-state index contributed by atoms with van der Waals surface area (Å²) >= 11 is 0. The second kappa shape index (κ2) is 6.81. The Morgan fingerprint density at radius 3 is 2.80 bits per heavy atom. The molecule has 1 fully saturated rings. The van der Waals surface area contributed by atoms with Crippen LogP contribution in [0.15, 0.2) is 0 Å². The largest absolute Gasteiger partial charge is 0.383 e. The van der Waals surface area contributed by atoms with Gasteiger partial charge >= 0.3 is 0 Å². The highest BCUT2D eigenvalue weighted by Gasteiger charge is 2.24. The number of methoxy groups -OCH3 is 1. The van der Waals surface area contributed by atoms with Crippen molar-refractivity contribution in [3.05, 3.63) is 0 Å². The van der Waals surface area contributed by atoms with E-state index in [2.05, 4.69) is 18.3 Å². The zero-order valence-corrected chi connectivity index (χ0v) is 9.83. The van der Waals surface area contributed by atoms with E-state index in [0.717, 1.165) is 12.8 Å². The molecule has 0 heterocycles. The molecule has 3 atom stereocenters. The molecular weight excluding hydrogens is 188 g/mol. The van der Waals surface area contributed by atoms with Crippen molar-refractivity contribution in [3.8, 4) is 6.07 Å². The van der Waals surface area contributed by atoms with Crippen molar-refractivity contribution < 1.29 is 4.74 Å². The number of nitriles is 1. The van der Waals surface area contributed by atoms with Crippen molar-refractivity contribution in [1.82, 2.24) is 5.32 Å². The standard InChI is InChI=1S/C12H22N2O/c1-10(9-15-2)14-12-7-5-3-4-6-11(12)8-13/h10-12,14H,3-7,9H2,1-2H3. The van der Waals surface area contributed by atoms with E-state index in [1.165, 1.54) is 19.3 Å². The summed E-state index contributed by atoms with van der Waals surface area (Å²) in [5.74, 6) is 0.187. The van der Waals surface area contributed by atoms with E-state index in [0.29, 0.717) is 18.7 Å². The van der Waals surface area contributed by atoms with Gasteiger partial charge in [-0.25, -0.2) is 0 Å². The fourth-order valence-electron chi connectivity index (χ4n) is 2.33.